The van der Waals surface area contributed by atoms with Gasteiger partial charge in [0, 0.05) is 33.1 Å². The minimum absolute atomic E-state index is 0.0760. The standard InChI is InChI=1S/C14H20N4O3/c1-3-21-14(20)11-8-13(16-9-12(11)15)18-6-4-17(5-7-18)10(2)19/h8-9H,3-7,15H2,1-2H3. The Morgan fingerprint density at radius 3 is 2.57 bits per heavy atom. The maximum absolute atomic E-state index is 11.8. The number of nitrogens with two attached hydrogens (primary N) is 1. The molecule has 7 heteroatoms. The Labute approximate surface area is 123 Å². The van der Waals surface area contributed by atoms with Crippen molar-refractivity contribution >= 4 is 23.4 Å². The lowest BCUT2D eigenvalue weighted by Crippen LogP contribution is -2.48. The van der Waals surface area contributed by atoms with Crippen LogP contribution in [0, 0.1) is 0 Å². The molecule has 0 saturated carbocycles. The normalized spacial score (nSPS) is 15.0. The number of hydrogen-bond donors (Lipinski definition) is 1. The zero-order valence-electron chi connectivity index (χ0n) is 12.3. The quantitative estimate of drug-likeness (QED) is 0.817. The van der Waals surface area contributed by atoms with Crippen molar-refractivity contribution in [3.8, 4) is 0 Å². The number of carbonyl (C=O) groups excluding carboxylic acids is 2. The number of nitrogen functional groups attached to an aromatic ring is 1. The molecule has 0 aromatic carbocycles. The molecule has 0 radical (unpaired) electrons. The summed E-state index contributed by atoms with van der Waals surface area (Å²) in [5.41, 5.74) is 6.41. The first-order valence-corrected chi connectivity index (χ1v) is 6.96. The van der Waals surface area contributed by atoms with Crippen molar-refractivity contribution in [3.05, 3.63) is 17.8 Å². The zero-order chi connectivity index (χ0) is 15.4. The lowest BCUT2D eigenvalue weighted by atomic mass is 10.2. The highest BCUT2D eigenvalue weighted by Gasteiger charge is 2.21. The molecular formula is C14H20N4O3. The van der Waals surface area contributed by atoms with E-state index in [9.17, 15) is 9.59 Å². The van der Waals surface area contributed by atoms with Gasteiger partial charge in [-0.15, -0.1) is 0 Å². The molecule has 114 valence electrons. The first-order valence-electron chi connectivity index (χ1n) is 6.96. The van der Waals surface area contributed by atoms with E-state index in [0.717, 1.165) is 0 Å². The fourth-order valence-corrected chi connectivity index (χ4v) is 2.26. The topological polar surface area (TPSA) is 88.8 Å². The number of anilines is 2. The maximum atomic E-state index is 11.8. The molecule has 1 fully saturated rings. The van der Waals surface area contributed by atoms with Crippen molar-refractivity contribution in [3.63, 3.8) is 0 Å². The van der Waals surface area contributed by atoms with Gasteiger partial charge in [-0.1, -0.05) is 0 Å². The van der Waals surface area contributed by atoms with Gasteiger partial charge < -0.3 is 20.3 Å². The van der Waals surface area contributed by atoms with E-state index in [2.05, 4.69) is 4.98 Å². The summed E-state index contributed by atoms with van der Waals surface area (Å²) in [5.74, 6) is 0.309. The molecule has 0 unspecified atom stereocenters. The monoisotopic (exact) mass is 292 g/mol. The Hall–Kier alpha value is -2.31. The molecular weight excluding hydrogens is 272 g/mol. The van der Waals surface area contributed by atoms with Crippen molar-refractivity contribution in [1.29, 1.82) is 0 Å². The number of aromatic nitrogens is 1. The van der Waals surface area contributed by atoms with Crippen LogP contribution in [0.15, 0.2) is 12.3 Å². The van der Waals surface area contributed by atoms with Crippen LogP contribution < -0.4 is 10.6 Å². The van der Waals surface area contributed by atoms with Gasteiger partial charge in [-0.3, -0.25) is 4.79 Å². The molecule has 2 rings (SSSR count). The summed E-state index contributed by atoms with van der Waals surface area (Å²) in [6, 6.07) is 1.65. The second kappa shape index (κ2) is 6.43. The van der Waals surface area contributed by atoms with Crippen LogP contribution >= 0.6 is 0 Å². The Bertz CT molecular complexity index is 539. The molecule has 2 N–H and O–H groups in total. The molecule has 0 aliphatic carbocycles. The minimum atomic E-state index is -0.443. The minimum Gasteiger partial charge on any atom is -0.462 e. The molecule has 21 heavy (non-hydrogen) atoms. The van der Waals surface area contributed by atoms with E-state index < -0.39 is 5.97 Å². The largest absolute Gasteiger partial charge is 0.462 e. The van der Waals surface area contributed by atoms with Crippen LogP contribution in [0.1, 0.15) is 24.2 Å². The second-order valence-corrected chi connectivity index (χ2v) is 4.84. The third kappa shape index (κ3) is 3.42. The third-order valence-electron chi connectivity index (χ3n) is 3.46. The van der Waals surface area contributed by atoms with Crippen LogP contribution in [0.4, 0.5) is 11.5 Å². The number of carbonyl (C=O) groups is 2. The van der Waals surface area contributed by atoms with Crippen molar-refractivity contribution < 1.29 is 14.3 Å². The lowest BCUT2D eigenvalue weighted by molar-refractivity contribution is -0.129. The van der Waals surface area contributed by atoms with Crippen molar-refractivity contribution in [2.24, 2.45) is 0 Å². The summed E-state index contributed by atoms with van der Waals surface area (Å²) >= 11 is 0. The molecule has 0 spiro atoms. The van der Waals surface area contributed by atoms with E-state index in [4.69, 9.17) is 10.5 Å². The van der Waals surface area contributed by atoms with Gasteiger partial charge in [0.1, 0.15) is 5.82 Å². The average molecular weight is 292 g/mol. The Morgan fingerprint density at radius 2 is 2.00 bits per heavy atom. The average Bonchev–Trinajstić information content (AvgIpc) is 2.48. The predicted octanol–water partition coefficient (Wildman–Crippen LogP) is 0.509. The molecule has 7 nitrogen and oxygen atoms in total. The number of rotatable bonds is 3. The third-order valence-corrected chi connectivity index (χ3v) is 3.46. The Kier molecular flexibility index (Phi) is 4.62. The highest BCUT2D eigenvalue weighted by Crippen LogP contribution is 2.20. The maximum Gasteiger partial charge on any atom is 0.340 e. The number of pyridine rings is 1. The molecule has 1 aromatic rings. The number of nitrogens with zero attached hydrogens (tertiary/aromatic N) is 3. The fourth-order valence-electron chi connectivity index (χ4n) is 2.26. The van der Waals surface area contributed by atoms with Gasteiger partial charge in [-0.25, -0.2) is 9.78 Å². The summed E-state index contributed by atoms with van der Waals surface area (Å²) in [7, 11) is 0. The molecule has 2 heterocycles. The molecule has 0 bridgehead atoms. The van der Waals surface area contributed by atoms with Crippen molar-refractivity contribution in [1.82, 2.24) is 9.88 Å². The molecule has 1 amide bonds. The van der Waals surface area contributed by atoms with E-state index in [-0.39, 0.29) is 5.91 Å². The van der Waals surface area contributed by atoms with Crippen LogP contribution in [-0.2, 0) is 9.53 Å². The highest BCUT2D eigenvalue weighted by atomic mass is 16.5. The Morgan fingerprint density at radius 1 is 1.33 bits per heavy atom. The van der Waals surface area contributed by atoms with Crippen LogP contribution in [-0.4, -0.2) is 54.5 Å². The lowest BCUT2D eigenvalue weighted by Gasteiger charge is -2.35. The Balaban J connectivity index is 2.13. The van der Waals surface area contributed by atoms with E-state index in [1.54, 1.807) is 24.8 Å². The SMILES string of the molecule is CCOC(=O)c1cc(N2CCN(C(C)=O)CC2)ncc1N. The summed E-state index contributed by atoms with van der Waals surface area (Å²) < 4.78 is 4.98. The number of esters is 1. The first kappa shape index (κ1) is 15.1. The summed E-state index contributed by atoms with van der Waals surface area (Å²) in [5, 5.41) is 0. The van der Waals surface area contributed by atoms with Gasteiger partial charge in [0.05, 0.1) is 24.1 Å². The van der Waals surface area contributed by atoms with Crippen LogP contribution in [0.2, 0.25) is 0 Å². The summed E-state index contributed by atoms with van der Waals surface area (Å²) in [6.07, 6.45) is 1.47. The van der Waals surface area contributed by atoms with Gasteiger partial charge in [0.15, 0.2) is 0 Å². The van der Waals surface area contributed by atoms with Crippen molar-refractivity contribution in [2.45, 2.75) is 13.8 Å². The van der Waals surface area contributed by atoms with E-state index in [1.807, 2.05) is 4.90 Å². The molecule has 1 aromatic heterocycles. The number of piperazine rings is 1. The van der Waals surface area contributed by atoms with E-state index in [0.29, 0.717) is 49.9 Å². The van der Waals surface area contributed by atoms with Gasteiger partial charge in [0.2, 0.25) is 5.91 Å². The van der Waals surface area contributed by atoms with Crippen LogP contribution in [0.25, 0.3) is 0 Å². The number of ether oxygens (including phenoxy) is 1. The smallest absolute Gasteiger partial charge is 0.340 e. The molecule has 1 aliphatic rings. The van der Waals surface area contributed by atoms with Gasteiger partial charge >= 0.3 is 5.97 Å². The molecule has 1 aliphatic heterocycles. The van der Waals surface area contributed by atoms with Gasteiger partial charge in [-0.2, -0.15) is 0 Å². The molecule has 0 atom stereocenters. The van der Waals surface area contributed by atoms with E-state index >= 15 is 0 Å². The fraction of sp³-hybridized carbons (Fsp3) is 0.500. The summed E-state index contributed by atoms with van der Waals surface area (Å²) in [4.78, 5) is 31.2. The first-order chi connectivity index (χ1) is 10.0. The number of amides is 1. The van der Waals surface area contributed by atoms with Crippen LogP contribution in [0.5, 0.6) is 0 Å². The van der Waals surface area contributed by atoms with Crippen LogP contribution in [0.3, 0.4) is 0 Å². The zero-order valence-corrected chi connectivity index (χ0v) is 12.3. The van der Waals surface area contributed by atoms with E-state index in [1.165, 1.54) is 6.20 Å². The second-order valence-electron chi connectivity index (χ2n) is 4.84. The van der Waals surface area contributed by atoms with Crippen molar-refractivity contribution in [2.75, 3.05) is 43.4 Å². The number of hydrogen-bond acceptors (Lipinski definition) is 6. The van der Waals surface area contributed by atoms with Gasteiger partial charge in [-0.05, 0) is 13.0 Å². The summed E-state index contributed by atoms with van der Waals surface area (Å²) in [6.45, 7) is 6.27. The molecule has 1 saturated heterocycles. The van der Waals surface area contributed by atoms with Gasteiger partial charge in [0.25, 0.3) is 0 Å². The predicted molar refractivity (Wildman–Crippen MR) is 79.1 cm³/mol. The highest BCUT2D eigenvalue weighted by molar-refractivity contribution is 5.95.